The average Bonchev–Trinajstić information content (AvgIpc) is 3.12. The molecule has 0 unspecified atom stereocenters. The average molecular weight is 319 g/mol. The summed E-state index contributed by atoms with van der Waals surface area (Å²) in [6.07, 6.45) is 0. The Hall–Kier alpha value is -2.77. The molecular formula is C15H17N3O5. The van der Waals surface area contributed by atoms with Gasteiger partial charge in [-0.3, -0.25) is 13.9 Å². The van der Waals surface area contributed by atoms with Crippen molar-refractivity contribution < 1.29 is 18.8 Å². The van der Waals surface area contributed by atoms with Gasteiger partial charge in [-0.2, -0.15) is 0 Å². The lowest BCUT2D eigenvalue weighted by Gasteiger charge is -2.08. The van der Waals surface area contributed by atoms with Gasteiger partial charge in [-0.05, 0) is 17.7 Å². The molecule has 122 valence electrons. The molecule has 0 fully saturated rings. The molecule has 1 amide bonds. The summed E-state index contributed by atoms with van der Waals surface area (Å²) in [6.45, 7) is 4.16. The highest BCUT2D eigenvalue weighted by Crippen LogP contribution is 2.32. The summed E-state index contributed by atoms with van der Waals surface area (Å²) in [4.78, 5) is 23.7. The van der Waals surface area contributed by atoms with Crippen molar-refractivity contribution in [3.05, 3.63) is 40.1 Å². The van der Waals surface area contributed by atoms with Crippen LogP contribution in [0.1, 0.15) is 31.2 Å². The molecule has 0 spiro atoms. The first-order chi connectivity index (χ1) is 11.0. The number of hydrogen-bond acceptors (Lipinski definition) is 6. The number of aromatic nitrogens is 2. The Kier molecular flexibility index (Phi) is 4.05. The van der Waals surface area contributed by atoms with Gasteiger partial charge in [0.25, 0.3) is 0 Å². The van der Waals surface area contributed by atoms with Crippen LogP contribution < -0.4 is 20.5 Å². The predicted octanol–water partition coefficient (Wildman–Crippen LogP) is 1.00. The number of carbonyl (C=O) groups is 1. The number of amides is 1. The Morgan fingerprint density at radius 1 is 1.35 bits per heavy atom. The lowest BCUT2D eigenvalue weighted by atomic mass is 10.2. The second-order valence-electron chi connectivity index (χ2n) is 5.51. The van der Waals surface area contributed by atoms with Gasteiger partial charge in [-0.25, -0.2) is 4.79 Å². The van der Waals surface area contributed by atoms with Crippen molar-refractivity contribution in [3.63, 3.8) is 0 Å². The van der Waals surface area contributed by atoms with Gasteiger partial charge in [0.1, 0.15) is 6.54 Å². The lowest BCUT2D eigenvalue weighted by molar-refractivity contribution is -0.121. The molecule has 1 aromatic heterocycles. The topological polar surface area (TPSA) is 95.6 Å². The second-order valence-corrected chi connectivity index (χ2v) is 5.51. The van der Waals surface area contributed by atoms with Gasteiger partial charge in [0.05, 0.1) is 0 Å². The smallest absolute Gasteiger partial charge is 0.442 e. The van der Waals surface area contributed by atoms with Crippen molar-refractivity contribution >= 4 is 5.91 Å². The van der Waals surface area contributed by atoms with E-state index in [2.05, 4.69) is 15.0 Å². The fraction of sp³-hybridized carbons (Fsp3) is 0.400. The predicted molar refractivity (Wildman–Crippen MR) is 79.3 cm³/mol. The molecule has 0 saturated carbocycles. The SMILES string of the molecule is CC(C)c1noc(=O)n1CC(=O)NCc1ccc2c(c1)OCO2. The summed E-state index contributed by atoms with van der Waals surface area (Å²) in [5, 5.41) is 6.45. The maximum absolute atomic E-state index is 12.0. The van der Waals surface area contributed by atoms with Gasteiger partial charge < -0.3 is 14.8 Å². The molecule has 8 heteroatoms. The molecule has 0 atom stereocenters. The van der Waals surface area contributed by atoms with Crippen LogP contribution in [0.2, 0.25) is 0 Å². The summed E-state index contributed by atoms with van der Waals surface area (Å²) in [5.74, 6) is 0.866. The molecule has 2 aromatic rings. The number of carbonyl (C=O) groups excluding carboxylic acids is 1. The summed E-state index contributed by atoms with van der Waals surface area (Å²) < 4.78 is 16.4. The van der Waals surface area contributed by atoms with Crippen molar-refractivity contribution in [1.29, 1.82) is 0 Å². The third kappa shape index (κ3) is 3.20. The molecule has 0 bridgehead atoms. The highest BCUT2D eigenvalue weighted by molar-refractivity contribution is 5.75. The Labute approximate surface area is 132 Å². The van der Waals surface area contributed by atoms with Crippen molar-refractivity contribution in [2.75, 3.05) is 6.79 Å². The Morgan fingerprint density at radius 2 is 2.13 bits per heavy atom. The maximum Gasteiger partial charge on any atom is 0.442 e. The van der Waals surface area contributed by atoms with Gasteiger partial charge in [0.15, 0.2) is 17.3 Å². The van der Waals surface area contributed by atoms with Crippen LogP contribution in [0.15, 0.2) is 27.5 Å². The monoisotopic (exact) mass is 319 g/mol. The van der Waals surface area contributed by atoms with Gasteiger partial charge >= 0.3 is 5.76 Å². The van der Waals surface area contributed by atoms with E-state index >= 15 is 0 Å². The van der Waals surface area contributed by atoms with Crippen molar-refractivity contribution in [3.8, 4) is 11.5 Å². The molecule has 1 aliphatic heterocycles. The zero-order valence-corrected chi connectivity index (χ0v) is 12.9. The van der Waals surface area contributed by atoms with Gasteiger partial charge in [-0.1, -0.05) is 25.1 Å². The Bertz CT molecular complexity index is 778. The molecule has 1 aliphatic rings. The van der Waals surface area contributed by atoms with Crippen LogP contribution in [-0.2, 0) is 17.9 Å². The van der Waals surface area contributed by atoms with Crippen molar-refractivity contribution in [2.24, 2.45) is 0 Å². The highest BCUT2D eigenvalue weighted by atomic mass is 16.7. The quantitative estimate of drug-likeness (QED) is 0.883. The number of nitrogens with one attached hydrogen (secondary N) is 1. The first kappa shape index (κ1) is 15.1. The fourth-order valence-corrected chi connectivity index (χ4v) is 2.29. The molecule has 23 heavy (non-hydrogen) atoms. The van der Waals surface area contributed by atoms with E-state index in [0.717, 1.165) is 5.56 Å². The summed E-state index contributed by atoms with van der Waals surface area (Å²) in [6, 6.07) is 5.46. The minimum atomic E-state index is -0.632. The number of nitrogens with zero attached hydrogens (tertiary/aromatic N) is 2. The molecule has 2 heterocycles. The third-order valence-corrected chi connectivity index (χ3v) is 3.46. The first-order valence-electron chi connectivity index (χ1n) is 7.26. The molecule has 0 aliphatic carbocycles. The largest absolute Gasteiger partial charge is 0.454 e. The number of ether oxygens (including phenoxy) is 2. The van der Waals surface area contributed by atoms with Crippen LogP contribution in [0.25, 0.3) is 0 Å². The van der Waals surface area contributed by atoms with E-state index in [1.807, 2.05) is 26.0 Å². The normalized spacial score (nSPS) is 12.7. The Morgan fingerprint density at radius 3 is 2.91 bits per heavy atom. The fourth-order valence-electron chi connectivity index (χ4n) is 2.29. The first-order valence-corrected chi connectivity index (χ1v) is 7.26. The van der Waals surface area contributed by atoms with Crippen LogP contribution in [0.5, 0.6) is 11.5 Å². The van der Waals surface area contributed by atoms with Crippen LogP contribution >= 0.6 is 0 Å². The molecule has 8 nitrogen and oxygen atoms in total. The zero-order valence-electron chi connectivity index (χ0n) is 12.9. The summed E-state index contributed by atoms with van der Waals surface area (Å²) in [7, 11) is 0. The number of benzene rings is 1. The summed E-state index contributed by atoms with van der Waals surface area (Å²) >= 11 is 0. The number of fused-ring (bicyclic) bond motifs is 1. The van der Waals surface area contributed by atoms with E-state index in [-0.39, 0.29) is 25.2 Å². The third-order valence-electron chi connectivity index (χ3n) is 3.46. The van der Waals surface area contributed by atoms with E-state index in [4.69, 9.17) is 9.47 Å². The van der Waals surface area contributed by atoms with Crippen LogP contribution in [0, 0.1) is 0 Å². The van der Waals surface area contributed by atoms with E-state index < -0.39 is 5.76 Å². The maximum atomic E-state index is 12.0. The molecule has 1 N–H and O–H groups in total. The van der Waals surface area contributed by atoms with Crippen LogP contribution in [-0.4, -0.2) is 22.4 Å². The molecular weight excluding hydrogens is 302 g/mol. The van der Waals surface area contributed by atoms with Gasteiger partial charge in [0.2, 0.25) is 12.7 Å². The summed E-state index contributed by atoms with van der Waals surface area (Å²) in [5.41, 5.74) is 0.879. The molecule has 3 rings (SSSR count). The molecule has 1 aromatic carbocycles. The second kappa shape index (κ2) is 6.15. The standard InChI is InChI=1S/C15H17N3O5/c1-9(2)14-17-23-15(20)18(14)7-13(19)16-6-10-3-4-11-12(5-10)22-8-21-11/h3-5,9H,6-8H2,1-2H3,(H,16,19). The van der Waals surface area contributed by atoms with E-state index in [0.29, 0.717) is 23.9 Å². The van der Waals surface area contributed by atoms with Crippen molar-refractivity contribution in [2.45, 2.75) is 32.9 Å². The van der Waals surface area contributed by atoms with E-state index in [9.17, 15) is 9.59 Å². The molecule has 0 saturated heterocycles. The van der Waals surface area contributed by atoms with Crippen LogP contribution in [0.4, 0.5) is 0 Å². The minimum absolute atomic E-state index is 0.0110. The van der Waals surface area contributed by atoms with Crippen molar-refractivity contribution in [1.82, 2.24) is 15.0 Å². The Balaban J connectivity index is 1.62. The van der Waals surface area contributed by atoms with Gasteiger partial charge in [-0.15, -0.1) is 0 Å². The van der Waals surface area contributed by atoms with E-state index in [1.165, 1.54) is 4.57 Å². The number of hydrogen-bond donors (Lipinski definition) is 1. The minimum Gasteiger partial charge on any atom is -0.454 e. The van der Waals surface area contributed by atoms with Gasteiger partial charge in [0, 0.05) is 12.5 Å². The van der Waals surface area contributed by atoms with Crippen LogP contribution in [0.3, 0.4) is 0 Å². The molecule has 0 radical (unpaired) electrons. The number of rotatable bonds is 5. The lowest BCUT2D eigenvalue weighted by Crippen LogP contribution is -2.31. The van der Waals surface area contributed by atoms with E-state index in [1.54, 1.807) is 6.07 Å². The zero-order chi connectivity index (χ0) is 16.4. The highest BCUT2D eigenvalue weighted by Gasteiger charge is 2.17.